The van der Waals surface area contributed by atoms with E-state index in [1.807, 2.05) is 0 Å². The molecular formula is C12H14O5. The van der Waals surface area contributed by atoms with Gasteiger partial charge < -0.3 is 14.2 Å². The van der Waals surface area contributed by atoms with E-state index < -0.39 is 23.1 Å². The minimum atomic E-state index is -0.911. The van der Waals surface area contributed by atoms with E-state index in [1.54, 1.807) is 26.0 Å². The third-order valence-corrected chi connectivity index (χ3v) is 3.17. The predicted octanol–water partition coefficient (Wildman–Crippen LogP) is 0.746. The van der Waals surface area contributed by atoms with Gasteiger partial charge in [0.05, 0.1) is 25.4 Å². The molecule has 2 bridgehead atoms. The Labute approximate surface area is 99.0 Å². The lowest BCUT2D eigenvalue weighted by Crippen LogP contribution is -2.29. The molecule has 0 aromatic rings. The average Bonchev–Trinajstić information content (AvgIpc) is 2.72. The van der Waals surface area contributed by atoms with Crippen molar-refractivity contribution in [2.24, 2.45) is 0 Å². The van der Waals surface area contributed by atoms with Crippen LogP contribution in [0.25, 0.3) is 0 Å². The summed E-state index contributed by atoms with van der Waals surface area (Å²) in [6, 6.07) is 0. The molecule has 0 saturated heterocycles. The van der Waals surface area contributed by atoms with Gasteiger partial charge in [-0.2, -0.15) is 0 Å². The quantitative estimate of drug-likeness (QED) is 0.524. The molecule has 17 heavy (non-hydrogen) atoms. The highest BCUT2D eigenvalue weighted by Crippen LogP contribution is 2.50. The zero-order valence-corrected chi connectivity index (χ0v) is 10.2. The van der Waals surface area contributed by atoms with Gasteiger partial charge in [-0.3, -0.25) is 0 Å². The second kappa shape index (κ2) is 3.43. The first-order valence-electron chi connectivity index (χ1n) is 5.20. The van der Waals surface area contributed by atoms with E-state index >= 15 is 0 Å². The van der Waals surface area contributed by atoms with Crippen molar-refractivity contribution in [1.29, 1.82) is 0 Å². The standard InChI is InChI=1S/C12H14O5/c1-11-5-6-12(2,17-11)8(10(14)16-4)7(11)9(13)15-3/h5-6H,1-4H3/t11-,12+. The maximum absolute atomic E-state index is 11.8. The minimum absolute atomic E-state index is 0.219. The number of methoxy groups -OCH3 is 2. The van der Waals surface area contributed by atoms with Gasteiger partial charge in [-0.15, -0.1) is 0 Å². The first kappa shape index (κ1) is 11.9. The fourth-order valence-electron chi connectivity index (χ4n) is 2.41. The van der Waals surface area contributed by atoms with E-state index in [4.69, 9.17) is 14.2 Å². The first-order chi connectivity index (χ1) is 7.88. The molecular weight excluding hydrogens is 224 g/mol. The van der Waals surface area contributed by atoms with E-state index in [9.17, 15) is 9.59 Å². The number of hydrogen-bond acceptors (Lipinski definition) is 5. The molecule has 0 radical (unpaired) electrons. The smallest absolute Gasteiger partial charge is 0.337 e. The molecule has 0 amide bonds. The molecule has 0 aromatic carbocycles. The van der Waals surface area contributed by atoms with Crippen molar-refractivity contribution < 1.29 is 23.8 Å². The Balaban J connectivity index is 2.61. The zero-order valence-electron chi connectivity index (χ0n) is 10.2. The number of fused-ring (bicyclic) bond motifs is 2. The second-order valence-electron chi connectivity index (χ2n) is 4.38. The molecule has 0 aromatic heterocycles. The van der Waals surface area contributed by atoms with Crippen LogP contribution in [0.1, 0.15) is 13.8 Å². The number of rotatable bonds is 2. The van der Waals surface area contributed by atoms with Gasteiger partial charge in [0.1, 0.15) is 11.2 Å². The van der Waals surface area contributed by atoms with E-state index in [-0.39, 0.29) is 11.1 Å². The second-order valence-corrected chi connectivity index (χ2v) is 4.38. The van der Waals surface area contributed by atoms with Gasteiger partial charge in [0, 0.05) is 0 Å². The van der Waals surface area contributed by atoms with Crippen LogP contribution in [0, 0.1) is 0 Å². The summed E-state index contributed by atoms with van der Waals surface area (Å²) in [6.45, 7) is 3.44. The van der Waals surface area contributed by atoms with Crippen molar-refractivity contribution in [3.8, 4) is 0 Å². The van der Waals surface area contributed by atoms with Crippen LogP contribution in [0.3, 0.4) is 0 Å². The van der Waals surface area contributed by atoms with Crippen molar-refractivity contribution in [3.63, 3.8) is 0 Å². The average molecular weight is 238 g/mol. The molecule has 0 aliphatic carbocycles. The molecule has 0 fully saturated rings. The normalized spacial score (nSPS) is 34.1. The summed E-state index contributed by atoms with van der Waals surface area (Å²) in [5.74, 6) is -1.14. The molecule has 0 spiro atoms. The number of carbonyl (C=O) groups excluding carboxylic acids is 2. The highest BCUT2D eigenvalue weighted by atomic mass is 16.6. The number of esters is 2. The highest BCUT2D eigenvalue weighted by Gasteiger charge is 2.57. The van der Waals surface area contributed by atoms with Crippen LogP contribution in [0.4, 0.5) is 0 Å². The maximum atomic E-state index is 11.8. The van der Waals surface area contributed by atoms with Gasteiger partial charge in [0.25, 0.3) is 0 Å². The van der Waals surface area contributed by atoms with Gasteiger partial charge in [-0.05, 0) is 26.0 Å². The number of ether oxygens (including phenoxy) is 3. The van der Waals surface area contributed by atoms with E-state index in [2.05, 4.69) is 0 Å². The molecule has 2 rings (SSSR count). The van der Waals surface area contributed by atoms with Gasteiger partial charge in [-0.25, -0.2) is 9.59 Å². The fourth-order valence-corrected chi connectivity index (χ4v) is 2.41. The van der Waals surface area contributed by atoms with Crippen LogP contribution in [-0.2, 0) is 23.8 Å². The largest absolute Gasteiger partial charge is 0.466 e. The van der Waals surface area contributed by atoms with Crippen molar-refractivity contribution in [3.05, 3.63) is 23.3 Å². The monoisotopic (exact) mass is 238 g/mol. The van der Waals surface area contributed by atoms with Crippen LogP contribution < -0.4 is 0 Å². The summed E-state index contributed by atoms with van der Waals surface area (Å²) in [5, 5.41) is 0. The molecule has 0 unspecified atom stereocenters. The molecule has 0 N–H and O–H groups in total. The Morgan fingerprint density at radius 2 is 1.35 bits per heavy atom. The molecule has 92 valence electrons. The molecule has 2 heterocycles. The number of carbonyl (C=O) groups is 2. The fraction of sp³-hybridized carbons (Fsp3) is 0.500. The summed E-state index contributed by atoms with van der Waals surface area (Å²) in [7, 11) is 2.54. The summed E-state index contributed by atoms with van der Waals surface area (Å²) < 4.78 is 15.1. The summed E-state index contributed by atoms with van der Waals surface area (Å²) in [5.41, 5.74) is -1.38. The minimum Gasteiger partial charge on any atom is -0.466 e. The van der Waals surface area contributed by atoms with Gasteiger partial charge in [-0.1, -0.05) is 0 Å². The Morgan fingerprint density at radius 1 is 1.00 bits per heavy atom. The lowest BCUT2D eigenvalue weighted by Gasteiger charge is -2.20. The van der Waals surface area contributed by atoms with Crippen molar-refractivity contribution in [1.82, 2.24) is 0 Å². The molecule has 5 heteroatoms. The van der Waals surface area contributed by atoms with E-state index in [0.717, 1.165) is 0 Å². The molecule has 2 atom stereocenters. The molecule has 0 saturated carbocycles. The van der Waals surface area contributed by atoms with Crippen molar-refractivity contribution in [2.45, 2.75) is 25.0 Å². The predicted molar refractivity (Wildman–Crippen MR) is 58.1 cm³/mol. The third kappa shape index (κ3) is 1.42. The van der Waals surface area contributed by atoms with E-state index in [1.165, 1.54) is 14.2 Å². The summed E-state index contributed by atoms with van der Waals surface area (Å²) in [4.78, 5) is 23.6. The highest BCUT2D eigenvalue weighted by molar-refractivity contribution is 6.05. The maximum Gasteiger partial charge on any atom is 0.337 e. The molecule has 2 aliphatic rings. The van der Waals surface area contributed by atoms with Crippen molar-refractivity contribution >= 4 is 11.9 Å². The zero-order chi connectivity index (χ0) is 12.8. The Kier molecular flexibility index (Phi) is 2.39. The molecule has 2 aliphatic heterocycles. The van der Waals surface area contributed by atoms with Gasteiger partial charge >= 0.3 is 11.9 Å². The van der Waals surface area contributed by atoms with Crippen LogP contribution in [-0.4, -0.2) is 37.4 Å². The van der Waals surface area contributed by atoms with Gasteiger partial charge in [0.2, 0.25) is 0 Å². The topological polar surface area (TPSA) is 61.8 Å². The van der Waals surface area contributed by atoms with Crippen LogP contribution in [0.5, 0.6) is 0 Å². The van der Waals surface area contributed by atoms with Crippen LogP contribution in [0.15, 0.2) is 23.3 Å². The van der Waals surface area contributed by atoms with Crippen LogP contribution >= 0.6 is 0 Å². The lowest BCUT2D eigenvalue weighted by atomic mass is 9.83. The van der Waals surface area contributed by atoms with Gasteiger partial charge in [0.15, 0.2) is 0 Å². The SMILES string of the molecule is COC(=O)C1=C(C(=O)OC)[C@]2(C)C=C[C@@]1(C)O2. The number of hydrogen-bond donors (Lipinski definition) is 0. The van der Waals surface area contributed by atoms with Crippen molar-refractivity contribution in [2.75, 3.05) is 14.2 Å². The summed E-state index contributed by atoms with van der Waals surface area (Å²) >= 11 is 0. The lowest BCUT2D eigenvalue weighted by molar-refractivity contribution is -0.139. The molecule has 5 nitrogen and oxygen atoms in total. The summed E-state index contributed by atoms with van der Waals surface area (Å²) in [6.07, 6.45) is 3.51. The Morgan fingerprint density at radius 3 is 1.65 bits per heavy atom. The third-order valence-electron chi connectivity index (χ3n) is 3.17. The van der Waals surface area contributed by atoms with E-state index in [0.29, 0.717) is 0 Å². The first-order valence-corrected chi connectivity index (χ1v) is 5.20. The Hall–Kier alpha value is -1.62. The van der Waals surface area contributed by atoms with Crippen LogP contribution in [0.2, 0.25) is 0 Å². The Bertz CT molecular complexity index is 422.